The Morgan fingerprint density at radius 2 is 1.66 bits per heavy atom. The Kier molecular flexibility index (Phi) is 6.96. The molecule has 0 aliphatic carbocycles. The van der Waals surface area contributed by atoms with Gasteiger partial charge in [0.25, 0.3) is 0 Å². The lowest BCUT2D eigenvalue weighted by Crippen LogP contribution is -2.49. The average Bonchev–Trinajstić information content (AvgIpc) is 3.27. The van der Waals surface area contributed by atoms with E-state index in [1.54, 1.807) is 43.3 Å². The lowest BCUT2D eigenvalue weighted by Gasteiger charge is -2.37. The fourth-order valence-corrected chi connectivity index (χ4v) is 3.63. The highest BCUT2D eigenvalue weighted by atomic mass is 16.6. The normalized spacial score (nSPS) is 14.8. The molecule has 174 valence electrons. The van der Waals surface area contributed by atoms with E-state index in [-0.39, 0.29) is 18.2 Å². The van der Waals surface area contributed by atoms with Crippen molar-refractivity contribution in [2.75, 3.05) is 34.4 Å². The van der Waals surface area contributed by atoms with Crippen molar-refractivity contribution in [3.05, 3.63) is 30.7 Å². The van der Waals surface area contributed by atoms with Gasteiger partial charge in [0.15, 0.2) is 0 Å². The molecule has 1 aromatic heterocycles. The second kappa shape index (κ2) is 9.50. The summed E-state index contributed by atoms with van der Waals surface area (Å²) in [6, 6.07) is 5.33. The molecule has 2 aromatic rings. The highest BCUT2D eigenvalue weighted by molar-refractivity contribution is 5.78. The number of ether oxygens (including phenoxy) is 3. The van der Waals surface area contributed by atoms with Crippen molar-refractivity contribution in [2.24, 2.45) is 0 Å². The quantitative estimate of drug-likeness (QED) is 0.712. The number of hydrogen-bond acceptors (Lipinski definition) is 6. The van der Waals surface area contributed by atoms with Gasteiger partial charge >= 0.3 is 12.1 Å². The molecule has 32 heavy (non-hydrogen) atoms. The Hall–Kier alpha value is -3.23. The number of piperidine rings is 1. The number of carbonyl (C=O) groups excluding carboxylic acids is 2. The van der Waals surface area contributed by atoms with Gasteiger partial charge in [0.05, 0.1) is 19.9 Å². The van der Waals surface area contributed by atoms with E-state index in [2.05, 4.69) is 4.98 Å². The van der Waals surface area contributed by atoms with Crippen LogP contribution in [0.25, 0.3) is 11.3 Å². The summed E-state index contributed by atoms with van der Waals surface area (Å²) in [5, 5.41) is 0. The van der Waals surface area contributed by atoms with Gasteiger partial charge in [0.2, 0.25) is 0 Å². The first-order chi connectivity index (χ1) is 15.1. The predicted molar refractivity (Wildman–Crippen MR) is 120 cm³/mol. The molecule has 0 radical (unpaired) electrons. The highest BCUT2D eigenvalue weighted by Crippen LogP contribution is 2.29. The highest BCUT2D eigenvalue weighted by Gasteiger charge is 2.30. The second-order valence-corrected chi connectivity index (χ2v) is 8.86. The molecule has 1 aliphatic rings. The Balaban J connectivity index is 1.64. The smallest absolute Gasteiger partial charge is 0.410 e. The van der Waals surface area contributed by atoms with Gasteiger partial charge in [-0.2, -0.15) is 0 Å². The third-order valence-corrected chi connectivity index (χ3v) is 5.42. The van der Waals surface area contributed by atoms with Gasteiger partial charge < -0.3 is 24.0 Å². The number of amides is 2. The van der Waals surface area contributed by atoms with Crippen molar-refractivity contribution >= 4 is 12.1 Å². The van der Waals surface area contributed by atoms with Gasteiger partial charge in [0, 0.05) is 44.0 Å². The third-order valence-electron chi connectivity index (χ3n) is 5.42. The molecule has 1 saturated heterocycles. The maximum absolute atomic E-state index is 13.0. The molecule has 1 fully saturated rings. The molecule has 0 bridgehead atoms. The second-order valence-electron chi connectivity index (χ2n) is 8.86. The standard InChI is InChI=1S/C23H32N4O5/c1-23(2,3)32-22(29)26-9-7-17(8-10-26)25(4)21(28)27-14-20(24-15-27)16-11-18(30-5)13-19(12-16)31-6/h11-15,17H,7-10H2,1-6H3. The molecule has 1 aromatic carbocycles. The summed E-state index contributed by atoms with van der Waals surface area (Å²) in [7, 11) is 4.96. The van der Waals surface area contributed by atoms with E-state index >= 15 is 0 Å². The van der Waals surface area contributed by atoms with Gasteiger partial charge in [-0.05, 0) is 45.7 Å². The van der Waals surface area contributed by atoms with Gasteiger partial charge in [-0.25, -0.2) is 14.6 Å². The maximum atomic E-state index is 13.0. The van der Waals surface area contributed by atoms with E-state index in [9.17, 15) is 9.59 Å². The van der Waals surface area contributed by atoms with E-state index in [0.717, 1.165) is 5.56 Å². The van der Waals surface area contributed by atoms with Crippen molar-refractivity contribution in [3.63, 3.8) is 0 Å². The Labute approximate surface area is 188 Å². The molecular weight excluding hydrogens is 412 g/mol. The van der Waals surface area contributed by atoms with Crippen molar-refractivity contribution in [2.45, 2.75) is 45.3 Å². The summed E-state index contributed by atoms with van der Waals surface area (Å²) in [5.74, 6) is 1.29. The van der Waals surface area contributed by atoms with Gasteiger partial charge in [0.1, 0.15) is 23.4 Å². The van der Waals surface area contributed by atoms with Crippen LogP contribution in [0.5, 0.6) is 11.5 Å². The molecule has 2 amide bonds. The molecule has 2 heterocycles. The van der Waals surface area contributed by atoms with Crippen LogP contribution in [0.15, 0.2) is 30.7 Å². The fourth-order valence-electron chi connectivity index (χ4n) is 3.63. The van der Waals surface area contributed by atoms with Gasteiger partial charge in [-0.3, -0.25) is 4.57 Å². The minimum Gasteiger partial charge on any atom is -0.497 e. The van der Waals surface area contributed by atoms with Crippen molar-refractivity contribution in [3.8, 4) is 22.8 Å². The number of nitrogens with zero attached hydrogens (tertiary/aromatic N) is 4. The minimum absolute atomic E-state index is 0.0314. The monoisotopic (exact) mass is 444 g/mol. The minimum atomic E-state index is -0.521. The number of likely N-dealkylation sites (tertiary alicyclic amines) is 1. The van der Waals surface area contributed by atoms with Gasteiger partial charge in [-0.15, -0.1) is 0 Å². The maximum Gasteiger partial charge on any atom is 0.410 e. The lowest BCUT2D eigenvalue weighted by atomic mass is 10.0. The topological polar surface area (TPSA) is 86.1 Å². The number of rotatable bonds is 4. The van der Waals surface area contributed by atoms with Crippen LogP contribution in [0.1, 0.15) is 33.6 Å². The van der Waals surface area contributed by atoms with E-state index < -0.39 is 5.60 Å². The number of carbonyl (C=O) groups is 2. The Morgan fingerprint density at radius 1 is 1.06 bits per heavy atom. The zero-order chi connectivity index (χ0) is 23.5. The zero-order valence-corrected chi connectivity index (χ0v) is 19.6. The molecule has 0 N–H and O–H groups in total. The molecule has 9 heteroatoms. The summed E-state index contributed by atoms with van der Waals surface area (Å²) in [5.41, 5.74) is 0.914. The molecule has 0 spiro atoms. The molecule has 0 unspecified atom stereocenters. The number of benzene rings is 1. The van der Waals surface area contributed by atoms with Gasteiger partial charge in [-0.1, -0.05) is 0 Å². The van der Waals surface area contributed by atoms with Crippen LogP contribution >= 0.6 is 0 Å². The number of hydrogen-bond donors (Lipinski definition) is 0. The van der Waals surface area contributed by atoms with Crippen LogP contribution in [0.4, 0.5) is 9.59 Å². The third kappa shape index (κ3) is 5.52. The number of methoxy groups -OCH3 is 2. The summed E-state index contributed by atoms with van der Waals surface area (Å²) in [4.78, 5) is 33.1. The summed E-state index contributed by atoms with van der Waals surface area (Å²) < 4.78 is 17.5. The van der Waals surface area contributed by atoms with Crippen LogP contribution in [-0.4, -0.2) is 77.5 Å². The number of imidazole rings is 1. The van der Waals surface area contributed by atoms with Crippen LogP contribution < -0.4 is 9.47 Å². The van der Waals surface area contributed by atoms with Crippen LogP contribution in [0.3, 0.4) is 0 Å². The Morgan fingerprint density at radius 3 is 2.19 bits per heavy atom. The lowest BCUT2D eigenvalue weighted by molar-refractivity contribution is 0.0172. The van der Waals surface area contributed by atoms with E-state index in [1.165, 1.54) is 10.9 Å². The molecule has 0 saturated carbocycles. The molecule has 0 atom stereocenters. The molecular formula is C23H32N4O5. The van der Waals surface area contributed by atoms with Crippen molar-refractivity contribution in [1.82, 2.24) is 19.4 Å². The van der Waals surface area contributed by atoms with E-state index in [0.29, 0.717) is 43.1 Å². The van der Waals surface area contributed by atoms with Crippen molar-refractivity contribution < 1.29 is 23.8 Å². The summed E-state index contributed by atoms with van der Waals surface area (Å²) in [6.45, 7) is 6.66. The fraction of sp³-hybridized carbons (Fsp3) is 0.522. The van der Waals surface area contributed by atoms with E-state index in [4.69, 9.17) is 14.2 Å². The summed E-state index contributed by atoms with van der Waals surface area (Å²) >= 11 is 0. The average molecular weight is 445 g/mol. The molecule has 9 nitrogen and oxygen atoms in total. The predicted octanol–water partition coefficient (Wildman–Crippen LogP) is 3.87. The molecule has 3 rings (SSSR count). The SMILES string of the molecule is COc1cc(OC)cc(-c2cn(C(=O)N(C)C3CCN(C(=O)OC(C)(C)C)CC3)cn2)c1. The first-order valence-electron chi connectivity index (χ1n) is 10.6. The van der Waals surface area contributed by atoms with Crippen LogP contribution in [0.2, 0.25) is 0 Å². The number of aromatic nitrogens is 2. The first kappa shape index (κ1) is 23.4. The Bertz CT molecular complexity index is 935. The van der Waals surface area contributed by atoms with Crippen LogP contribution in [-0.2, 0) is 4.74 Å². The zero-order valence-electron chi connectivity index (χ0n) is 19.6. The summed E-state index contributed by atoms with van der Waals surface area (Å²) in [6.07, 6.45) is 4.28. The van der Waals surface area contributed by atoms with Crippen LogP contribution in [0, 0.1) is 0 Å². The van der Waals surface area contributed by atoms with E-state index in [1.807, 2.05) is 32.9 Å². The van der Waals surface area contributed by atoms with Crippen molar-refractivity contribution in [1.29, 1.82) is 0 Å². The first-order valence-corrected chi connectivity index (χ1v) is 10.6. The molecule has 1 aliphatic heterocycles. The largest absolute Gasteiger partial charge is 0.497 e.